The number of hydrogen-bond donors (Lipinski definition) is 1. The minimum Gasteiger partial charge on any atom is -0.492 e. The average Bonchev–Trinajstić information content (AvgIpc) is 2.41. The standard InChI is InChI=1S/C15H15Br3N2O/c1-3-21-15-10(6-11(16)7-12(15)17)8-19-13-4-5-14(18)20-9(13)2/h4-7,19H,3,8H2,1-2H3. The van der Waals surface area contributed by atoms with Crippen LogP contribution in [0.25, 0.3) is 0 Å². The van der Waals surface area contributed by atoms with E-state index in [4.69, 9.17) is 4.74 Å². The summed E-state index contributed by atoms with van der Waals surface area (Å²) >= 11 is 10.4. The molecular formula is C15H15Br3N2O. The highest BCUT2D eigenvalue weighted by atomic mass is 79.9. The summed E-state index contributed by atoms with van der Waals surface area (Å²) in [5, 5.41) is 3.40. The average molecular weight is 479 g/mol. The molecule has 0 atom stereocenters. The molecule has 0 fully saturated rings. The van der Waals surface area contributed by atoms with E-state index in [9.17, 15) is 0 Å². The fourth-order valence-corrected chi connectivity index (χ4v) is 3.78. The quantitative estimate of drug-likeness (QED) is 0.561. The molecule has 21 heavy (non-hydrogen) atoms. The number of rotatable bonds is 5. The highest BCUT2D eigenvalue weighted by Gasteiger charge is 2.10. The van der Waals surface area contributed by atoms with Crippen molar-refractivity contribution in [3.63, 3.8) is 0 Å². The van der Waals surface area contributed by atoms with E-state index >= 15 is 0 Å². The van der Waals surface area contributed by atoms with E-state index < -0.39 is 0 Å². The number of nitrogens with zero attached hydrogens (tertiary/aromatic N) is 1. The lowest BCUT2D eigenvalue weighted by Gasteiger charge is -2.15. The van der Waals surface area contributed by atoms with Crippen molar-refractivity contribution >= 4 is 53.5 Å². The molecule has 0 aliphatic carbocycles. The number of benzene rings is 1. The number of aromatic nitrogens is 1. The topological polar surface area (TPSA) is 34.1 Å². The Balaban J connectivity index is 2.22. The van der Waals surface area contributed by atoms with Gasteiger partial charge in [-0.2, -0.15) is 0 Å². The number of ether oxygens (including phenoxy) is 1. The summed E-state index contributed by atoms with van der Waals surface area (Å²) in [5.74, 6) is 0.871. The Morgan fingerprint density at radius 3 is 2.62 bits per heavy atom. The van der Waals surface area contributed by atoms with Crippen LogP contribution in [0.15, 0.2) is 37.8 Å². The minimum atomic E-state index is 0.631. The zero-order chi connectivity index (χ0) is 15.4. The van der Waals surface area contributed by atoms with Crippen LogP contribution in [-0.2, 0) is 6.54 Å². The monoisotopic (exact) mass is 476 g/mol. The summed E-state index contributed by atoms with van der Waals surface area (Å²) in [5.41, 5.74) is 3.05. The van der Waals surface area contributed by atoms with E-state index in [0.717, 1.165) is 36.2 Å². The lowest BCUT2D eigenvalue weighted by molar-refractivity contribution is 0.334. The fourth-order valence-electron chi connectivity index (χ4n) is 1.96. The summed E-state index contributed by atoms with van der Waals surface area (Å²) < 4.78 is 8.53. The first kappa shape index (κ1) is 16.8. The van der Waals surface area contributed by atoms with Crippen molar-refractivity contribution in [3.05, 3.63) is 49.1 Å². The number of hydrogen-bond acceptors (Lipinski definition) is 3. The number of aryl methyl sites for hydroxylation is 1. The van der Waals surface area contributed by atoms with Crippen LogP contribution in [0.5, 0.6) is 5.75 Å². The van der Waals surface area contributed by atoms with Gasteiger partial charge in [-0.05, 0) is 70.0 Å². The van der Waals surface area contributed by atoms with E-state index in [2.05, 4.69) is 64.2 Å². The SMILES string of the molecule is CCOc1c(Br)cc(Br)cc1CNc1ccc(Br)nc1C. The van der Waals surface area contributed by atoms with Crippen molar-refractivity contribution in [2.45, 2.75) is 20.4 Å². The number of nitrogens with one attached hydrogen (secondary N) is 1. The largest absolute Gasteiger partial charge is 0.492 e. The van der Waals surface area contributed by atoms with Crippen molar-refractivity contribution in [2.75, 3.05) is 11.9 Å². The van der Waals surface area contributed by atoms with Gasteiger partial charge in [0.2, 0.25) is 0 Å². The second kappa shape index (κ2) is 7.61. The van der Waals surface area contributed by atoms with Crippen LogP contribution in [0.3, 0.4) is 0 Å². The lowest BCUT2D eigenvalue weighted by Crippen LogP contribution is -2.05. The minimum absolute atomic E-state index is 0.631. The Kier molecular flexibility index (Phi) is 6.08. The first-order chi connectivity index (χ1) is 10.0. The molecular weight excluding hydrogens is 464 g/mol. The van der Waals surface area contributed by atoms with Gasteiger partial charge < -0.3 is 10.1 Å². The molecule has 1 aromatic heterocycles. The Bertz CT molecular complexity index is 647. The van der Waals surface area contributed by atoms with Crippen molar-refractivity contribution in [1.82, 2.24) is 4.98 Å². The molecule has 0 aliphatic heterocycles. The maximum absolute atomic E-state index is 5.73. The van der Waals surface area contributed by atoms with E-state index in [-0.39, 0.29) is 0 Å². The zero-order valence-electron chi connectivity index (χ0n) is 11.7. The van der Waals surface area contributed by atoms with Gasteiger partial charge in [0.05, 0.1) is 22.5 Å². The molecule has 0 spiro atoms. The van der Waals surface area contributed by atoms with Gasteiger partial charge in [0.25, 0.3) is 0 Å². The summed E-state index contributed by atoms with van der Waals surface area (Å²) in [4.78, 5) is 4.38. The van der Waals surface area contributed by atoms with Gasteiger partial charge >= 0.3 is 0 Å². The molecule has 2 rings (SSSR count). The molecule has 0 amide bonds. The van der Waals surface area contributed by atoms with Crippen molar-refractivity contribution < 1.29 is 4.74 Å². The third-order valence-corrected chi connectivity index (χ3v) is 4.38. The molecule has 0 radical (unpaired) electrons. The molecule has 1 heterocycles. The normalized spacial score (nSPS) is 10.5. The Morgan fingerprint density at radius 2 is 1.95 bits per heavy atom. The van der Waals surface area contributed by atoms with Gasteiger partial charge in [-0.1, -0.05) is 15.9 Å². The van der Waals surface area contributed by atoms with E-state index in [1.807, 2.05) is 32.0 Å². The van der Waals surface area contributed by atoms with Crippen molar-refractivity contribution in [1.29, 1.82) is 0 Å². The van der Waals surface area contributed by atoms with Gasteiger partial charge in [-0.15, -0.1) is 0 Å². The summed E-state index contributed by atoms with van der Waals surface area (Å²) in [6.07, 6.45) is 0. The molecule has 0 saturated heterocycles. The van der Waals surface area contributed by atoms with Crippen LogP contribution in [0.2, 0.25) is 0 Å². The van der Waals surface area contributed by atoms with Gasteiger partial charge in [-0.25, -0.2) is 4.98 Å². The molecule has 1 N–H and O–H groups in total. The summed E-state index contributed by atoms with van der Waals surface area (Å²) in [7, 11) is 0. The van der Waals surface area contributed by atoms with E-state index in [1.54, 1.807) is 0 Å². The number of anilines is 1. The van der Waals surface area contributed by atoms with Gasteiger partial charge in [0.1, 0.15) is 10.4 Å². The number of halogens is 3. The van der Waals surface area contributed by atoms with Crippen LogP contribution < -0.4 is 10.1 Å². The van der Waals surface area contributed by atoms with Crippen LogP contribution in [-0.4, -0.2) is 11.6 Å². The predicted octanol–water partition coefficient (Wildman–Crippen LogP) is 5.69. The van der Waals surface area contributed by atoms with Gasteiger partial charge in [-0.3, -0.25) is 0 Å². The third kappa shape index (κ3) is 4.44. The first-order valence-corrected chi connectivity index (χ1v) is 8.87. The van der Waals surface area contributed by atoms with E-state index in [1.165, 1.54) is 0 Å². The van der Waals surface area contributed by atoms with E-state index in [0.29, 0.717) is 13.2 Å². The maximum atomic E-state index is 5.73. The molecule has 1 aromatic carbocycles. The molecule has 6 heteroatoms. The molecule has 2 aromatic rings. The molecule has 0 unspecified atom stereocenters. The van der Waals surface area contributed by atoms with Crippen LogP contribution in [0, 0.1) is 6.92 Å². The van der Waals surface area contributed by atoms with Gasteiger partial charge in [0, 0.05) is 16.6 Å². The van der Waals surface area contributed by atoms with Crippen molar-refractivity contribution in [3.8, 4) is 5.75 Å². The molecule has 0 aliphatic rings. The van der Waals surface area contributed by atoms with Crippen LogP contribution in [0.1, 0.15) is 18.2 Å². The fraction of sp³-hybridized carbons (Fsp3) is 0.267. The second-order valence-electron chi connectivity index (χ2n) is 4.43. The molecule has 0 saturated carbocycles. The highest BCUT2D eigenvalue weighted by Crippen LogP contribution is 2.33. The third-order valence-electron chi connectivity index (χ3n) is 2.90. The Labute approximate surface area is 149 Å². The highest BCUT2D eigenvalue weighted by molar-refractivity contribution is 9.11. The smallest absolute Gasteiger partial charge is 0.138 e. The first-order valence-electron chi connectivity index (χ1n) is 6.49. The predicted molar refractivity (Wildman–Crippen MR) is 97.0 cm³/mol. The van der Waals surface area contributed by atoms with Crippen molar-refractivity contribution in [2.24, 2.45) is 0 Å². The van der Waals surface area contributed by atoms with Gasteiger partial charge in [0.15, 0.2) is 0 Å². The Morgan fingerprint density at radius 1 is 1.19 bits per heavy atom. The zero-order valence-corrected chi connectivity index (χ0v) is 16.5. The maximum Gasteiger partial charge on any atom is 0.138 e. The lowest BCUT2D eigenvalue weighted by atomic mass is 10.2. The molecule has 112 valence electrons. The molecule has 3 nitrogen and oxygen atoms in total. The second-order valence-corrected chi connectivity index (χ2v) is 7.01. The Hall–Kier alpha value is -0.590. The number of pyridine rings is 1. The van der Waals surface area contributed by atoms with Crippen LogP contribution in [0.4, 0.5) is 5.69 Å². The van der Waals surface area contributed by atoms with Crippen LogP contribution >= 0.6 is 47.8 Å². The summed E-state index contributed by atoms with van der Waals surface area (Å²) in [6, 6.07) is 7.99. The molecule has 0 bridgehead atoms. The summed E-state index contributed by atoms with van der Waals surface area (Å²) in [6.45, 7) is 5.26.